The van der Waals surface area contributed by atoms with Gasteiger partial charge in [0.15, 0.2) is 0 Å². The second-order valence-corrected chi connectivity index (χ2v) is 4.44. The summed E-state index contributed by atoms with van der Waals surface area (Å²) in [5, 5.41) is 3.04. The first kappa shape index (κ1) is 14.2. The SMILES string of the molecule is CCCc1nc(N)cc(NC(C)C(=O)N(C)C)n1. The van der Waals surface area contributed by atoms with Gasteiger partial charge in [-0.3, -0.25) is 4.79 Å². The molecule has 1 amide bonds. The number of aryl methyl sites for hydroxylation is 1. The predicted octanol–water partition coefficient (Wildman–Crippen LogP) is 0.900. The van der Waals surface area contributed by atoms with Crippen molar-refractivity contribution in [2.45, 2.75) is 32.7 Å². The fourth-order valence-electron chi connectivity index (χ4n) is 1.60. The van der Waals surface area contributed by atoms with E-state index in [-0.39, 0.29) is 11.9 Å². The molecule has 1 aromatic heterocycles. The zero-order valence-corrected chi connectivity index (χ0v) is 11.4. The van der Waals surface area contributed by atoms with Gasteiger partial charge < -0.3 is 16.0 Å². The first-order valence-electron chi connectivity index (χ1n) is 6.05. The normalized spacial score (nSPS) is 12.0. The molecule has 0 saturated heterocycles. The summed E-state index contributed by atoms with van der Waals surface area (Å²) < 4.78 is 0. The van der Waals surface area contributed by atoms with Crippen molar-refractivity contribution in [2.75, 3.05) is 25.1 Å². The van der Waals surface area contributed by atoms with E-state index in [0.717, 1.165) is 12.8 Å². The van der Waals surface area contributed by atoms with Crippen LogP contribution >= 0.6 is 0 Å². The van der Waals surface area contributed by atoms with Crippen LogP contribution in [-0.2, 0) is 11.2 Å². The first-order valence-corrected chi connectivity index (χ1v) is 6.05. The van der Waals surface area contributed by atoms with Crippen LogP contribution in [0.2, 0.25) is 0 Å². The van der Waals surface area contributed by atoms with Crippen molar-refractivity contribution in [3.63, 3.8) is 0 Å². The molecule has 0 fully saturated rings. The number of nitrogen functional groups attached to an aromatic ring is 1. The summed E-state index contributed by atoms with van der Waals surface area (Å²) in [4.78, 5) is 21.7. The molecule has 0 aliphatic carbocycles. The molecule has 0 aliphatic heterocycles. The third-order valence-electron chi connectivity index (χ3n) is 2.44. The van der Waals surface area contributed by atoms with Crippen molar-refractivity contribution in [2.24, 2.45) is 0 Å². The van der Waals surface area contributed by atoms with Crippen LogP contribution in [0.1, 0.15) is 26.1 Å². The summed E-state index contributed by atoms with van der Waals surface area (Å²) >= 11 is 0. The van der Waals surface area contributed by atoms with Gasteiger partial charge in [-0.25, -0.2) is 9.97 Å². The van der Waals surface area contributed by atoms with Crippen LogP contribution in [0, 0.1) is 0 Å². The number of aromatic nitrogens is 2. The minimum atomic E-state index is -0.344. The van der Waals surface area contributed by atoms with Gasteiger partial charge in [0.1, 0.15) is 23.5 Å². The molecule has 0 aromatic carbocycles. The molecule has 0 bridgehead atoms. The van der Waals surface area contributed by atoms with Crippen LogP contribution in [0.4, 0.5) is 11.6 Å². The lowest BCUT2D eigenvalue weighted by atomic mass is 10.3. The molecule has 100 valence electrons. The predicted molar refractivity (Wildman–Crippen MR) is 72.2 cm³/mol. The lowest BCUT2D eigenvalue weighted by Gasteiger charge is -2.18. The minimum absolute atomic E-state index is 0.00998. The van der Waals surface area contributed by atoms with Crippen LogP contribution in [0.3, 0.4) is 0 Å². The van der Waals surface area contributed by atoms with Crippen molar-refractivity contribution in [3.05, 3.63) is 11.9 Å². The standard InChI is InChI=1S/C12H21N5O/c1-5-6-10-15-9(13)7-11(16-10)14-8(2)12(18)17(3)4/h7-8H,5-6H2,1-4H3,(H3,13,14,15,16). The van der Waals surface area contributed by atoms with E-state index in [1.165, 1.54) is 4.90 Å². The number of carbonyl (C=O) groups excluding carboxylic acids is 1. The van der Waals surface area contributed by atoms with Crippen LogP contribution in [0.25, 0.3) is 0 Å². The van der Waals surface area contributed by atoms with Crippen molar-refractivity contribution in [3.8, 4) is 0 Å². The van der Waals surface area contributed by atoms with Gasteiger partial charge in [-0.15, -0.1) is 0 Å². The van der Waals surface area contributed by atoms with Gasteiger partial charge in [0.25, 0.3) is 0 Å². The van der Waals surface area contributed by atoms with E-state index in [0.29, 0.717) is 17.5 Å². The van der Waals surface area contributed by atoms with Crippen molar-refractivity contribution in [1.29, 1.82) is 0 Å². The Morgan fingerprint density at radius 1 is 1.50 bits per heavy atom. The molecule has 1 unspecified atom stereocenters. The number of rotatable bonds is 5. The zero-order chi connectivity index (χ0) is 13.7. The van der Waals surface area contributed by atoms with E-state index in [2.05, 4.69) is 22.2 Å². The molecule has 0 radical (unpaired) electrons. The summed E-state index contributed by atoms with van der Waals surface area (Å²) in [6.45, 7) is 3.85. The number of hydrogen-bond donors (Lipinski definition) is 2. The number of likely N-dealkylation sites (N-methyl/N-ethyl adjacent to an activating group) is 1. The number of hydrogen-bond acceptors (Lipinski definition) is 5. The third-order valence-corrected chi connectivity index (χ3v) is 2.44. The molecule has 1 atom stereocenters. The van der Waals surface area contributed by atoms with Crippen molar-refractivity contribution >= 4 is 17.5 Å². The van der Waals surface area contributed by atoms with Crippen molar-refractivity contribution < 1.29 is 4.79 Å². The van der Waals surface area contributed by atoms with Gasteiger partial charge in [0.2, 0.25) is 5.91 Å². The van der Waals surface area contributed by atoms with Gasteiger partial charge in [-0.05, 0) is 13.3 Å². The van der Waals surface area contributed by atoms with Gasteiger partial charge in [0.05, 0.1) is 0 Å². The zero-order valence-electron chi connectivity index (χ0n) is 11.4. The van der Waals surface area contributed by atoms with Crippen LogP contribution in [-0.4, -0.2) is 40.9 Å². The Bertz CT molecular complexity index is 419. The monoisotopic (exact) mass is 251 g/mol. The van der Waals surface area contributed by atoms with Gasteiger partial charge in [-0.1, -0.05) is 6.92 Å². The first-order chi connectivity index (χ1) is 8.43. The second kappa shape index (κ2) is 6.18. The van der Waals surface area contributed by atoms with Crippen LogP contribution in [0.15, 0.2) is 6.07 Å². The lowest BCUT2D eigenvalue weighted by Crippen LogP contribution is -2.36. The summed E-state index contributed by atoms with van der Waals surface area (Å²) in [5.41, 5.74) is 5.71. The molecule has 0 saturated carbocycles. The van der Waals surface area contributed by atoms with Gasteiger partial charge in [0, 0.05) is 26.6 Å². The highest BCUT2D eigenvalue weighted by Crippen LogP contribution is 2.11. The molecule has 3 N–H and O–H groups in total. The minimum Gasteiger partial charge on any atom is -0.384 e. The fraction of sp³-hybridized carbons (Fsp3) is 0.583. The number of anilines is 2. The maximum Gasteiger partial charge on any atom is 0.244 e. The molecule has 0 spiro atoms. The van der Waals surface area contributed by atoms with E-state index in [4.69, 9.17) is 5.73 Å². The summed E-state index contributed by atoms with van der Waals surface area (Å²) in [6, 6.07) is 1.29. The Morgan fingerprint density at radius 3 is 2.72 bits per heavy atom. The maximum atomic E-state index is 11.7. The molecular weight excluding hydrogens is 230 g/mol. The van der Waals surface area contributed by atoms with E-state index in [9.17, 15) is 4.79 Å². The molecule has 1 aromatic rings. The Hall–Kier alpha value is -1.85. The Labute approximate surface area is 108 Å². The number of nitrogens with two attached hydrogens (primary N) is 1. The fourth-order valence-corrected chi connectivity index (χ4v) is 1.60. The number of nitrogens with one attached hydrogen (secondary N) is 1. The quantitative estimate of drug-likeness (QED) is 0.812. The average molecular weight is 251 g/mol. The maximum absolute atomic E-state index is 11.7. The topological polar surface area (TPSA) is 84.1 Å². The average Bonchev–Trinajstić information content (AvgIpc) is 2.27. The molecule has 0 aliphatic rings. The smallest absolute Gasteiger partial charge is 0.244 e. The number of carbonyl (C=O) groups is 1. The van der Waals surface area contributed by atoms with Crippen LogP contribution in [0.5, 0.6) is 0 Å². The molecule has 18 heavy (non-hydrogen) atoms. The second-order valence-electron chi connectivity index (χ2n) is 4.44. The van der Waals surface area contributed by atoms with Gasteiger partial charge in [-0.2, -0.15) is 0 Å². The van der Waals surface area contributed by atoms with E-state index in [1.807, 2.05) is 0 Å². The lowest BCUT2D eigenvalue weighted by molar-refractivity contribution is -0.129. The molecule has 6 nitrogen and oxygen atoms in total. The third kappa shape index (κ3) is 3.87. The summed E-state index contributed by atoms with van der Waals surface area (Å²) in [6.07, 6.45) is 1.73. The highest BCUT2D eigenvalue weighted by molar-refractivity contribution is 5.83. The summed E-state index contributed by atoms with van der Waals surface area (Å²) in [5.74, 6) is 1.70. The largest absolute Gasteiger partial charge is 0.384 e. The number of amides is 1. The Balaban J connectivity index is 2.80. The van der Waals surface area contributed by atoms with E-state index in [1.54, 1.807) is 27.1 Å². The molecule has 6 heteroatoms. The molecule has 1 heterocycles. The van der Waals surface area contributed by atoms with Crippen LogP contribution < -0.4 is 11.1 Å². The van der Waals surface area contributed by atoms with Crippen molar-refractivity contribution in [1.82, 2.24) is 14.9 Å². The Morgan fingerprint density at radius 2 is 2.17 bits per heavy atom. The molecule has 1 rings (SSSR count). The van der Waals surface area contributed by atoms with E-state index < -0.39 is 0 Å². The van der Waals surface area contributed by atoms with E-state index >= 15 is 0 Å². The molecular formula is C12H21N5O. The highest BCUT2D eigenvalue weighted by atomic mass is 16.2. The number of nitrogens with zero attached hydrogens (tertiary/aromatic N) is 3. The Kier molecular flexibility index (Phi) is 4.88. The highest BCUT2D eigenvalue weighted by Gasteiger charge is 2.15. The van der Waals surface area contributed by atoms with Gasteiger partial charge >= 0.3 is 0 Å². The summed E-state index contributed by atoms with van der Waals surface area (Å²) in [7, 11) is 3.44.